The summed E-state index contributed by atoms with van der Waals surface area (Å²) in [5, 5.41) is 12.8. The number of hydrogen-bond acceptors (Lipinski definition) is 6. The molecule has 1 fully saturated rings. The highest BCUT2D eigenvalue weighted by Crippen LogP contribution is 2.21. The first-order chi connectivity index (χ1) is 13.7. The van der Waals surface area contributed by atoms with Crippen LogP contribution in [0.25, 0.3) is 11.3 Å². The van der Waals surface area contributed by atoms with Crippen LogP contribution in [0.5, 0.6) is 0 Å². The van der Waals surface area contributed by atoms with Crippen LogP contribution in [0.2, 0.25) is 0 Å². The van der Waals surface area contributed by atoms with Crippen molar-refractivity contribution >= 4 is 0 Å². The molecule has 6 nitrogen and oxygen atoms in total. The highest BCUT2D eigenvalue weighted by molar-refractivity contribution is 5.61. The molecule has 0 amide bonds. The van der Waals surface area contributed by atoms with E-state index in [0.717, 1.165) is 75.7 Å². The second kappa shape index (κ2) is 10.3. The molecule has 1 aromatic heterocycles. The van der Waals surface area contributed by atoms with Crippen molar-refractivity contribution in [2.45, 2.75) is 26.7 Å². The molecule has 28 heavy (non-hydrogen) atoms. The average molecular weight is 380 g/mol. The standard InChI is InChI=1S/C22H29N5O/c1-17-5-6-19(14-18(17)2)21-15-20(25-22(16-23)26-21)4-3-7-24-8-9-27-10-12-28-13-11-27/h5-6,14-15,24H,3-4,7-13H2,1-2H3. The molecule has 2 aromatic rings. The zero-order chi connectivity index (χ0) is 19.8. The van der Waals surface area contributed by atoms with Crippen LogP contribution in [0.15, 0.2) is 24.3 Å². The first-order valence-electron chi connectivity index (χ1n) is 10.0. The Morgan fingerprint density at radius 3 is 2.68 bits per heavy atom. The predicted octanol–water partition coefficient (Wildman–Crippen LogP) is 2.49. The van der Waals surface area contributed by atoms with Crippen molar-refractivity contribution in [3.05, 3.63) is 46.9 Å². The number of aryl methyl sites for hydroxylation is 3. The Balaban J connectivity index is 1.52. The van der Waals surface area contributed by atoms with Gasteiger partial charge in [-0.15, -0.1) is 0 Å². The normalized spacial score (nSPS) is 14.8. The molecule has 3 rings (SSSR count). The summed E-state index contributed by atoms with van der Waals surface area (Å²) in [5.74, 6) is 0.242. The highest BCUT2D eigenvalue weighted by Gasteiger charge is 2.10. The summed E-state index contributed by atoms with van der Waals surface area (Å²) in [6, 6.07) is 10.4. The Bertz CT molecular complexity index is 824. The van der Waals surface area contributed by atoms with E-state index in [0.29, 0.717) is 0 Å². The maximum Gasteiger partial charge on any atom is 0.232 e. The summed E-state index contributed by atoms with van der Waals surface area (Å²) in [6.45, 7) is 10.9. The fraction of sp³-hybridized carbons (Fsp3) is 0.500. The third kappa shape index (κ3) is 5.83. The summed E-state index contributed by atoms with van der Waals surface area (Å²) in [7, 11) is 0. The fourth-order valence-electron chi connectivity index (χ4n) is 3.31. The maximum absolute atomic E-state index is 9.30. The SMILES string of the molecule is Cc1ccc(-c2cc(CCCNCCN3CCOCC3)nc(C#N)n2)cc1C. The van der Waals surface area contributed by atoms with Crippen LogP contribution >= 0.6 is 0 Å². The second-order valence-electron chi connectivity index (χ2n) is 7.29. The minimum atomic E-state index is 0.242. The van der Waals surface area contributed by atoms with Crippen molar-refractivity contribution in [2.75, 3.05) is 45.9 Å². The Labute approximate surface area is 167 Å². The third-order valence-corrected chi connectivity index (χ3v) is 5.18. The molecule has 148 valence electrons. The number of ether oxygens (including phenoxy) is 1. The molecule has 0 unspecified atom stereocenters. The fourth-order valence-corrected chi connectivity index (χ4v) is 3.31. The number of morpholine rings is 1. The lowest BCUT2D eigenvalue weighted by Gasteiger charge is -2.26. The molecule has 1 aliphatic rings. The molecule has 2 heterocycles. The highest BCUT2D eigenvalue weighted by atomic mass is 16.5. The van der Waals surface area contributed by atoms with Crippen LogP contribution in [-0.4, -0.2) is 60.8 Å². The number of nitrogens with one attached hydrogen (secondary N) is 1. The number of benzene rings is 1. The van der Waals surface area contributed by atoms with Gasteiger partial charge in [-0.05, 0) is 56.5 Å². The van der Waals surface area contributed by atoms with Gasteiger partial charge in [0.05, 0.1) is 18.9 Å². The van der Waals surface area contributed by atoms with Gasteiger partial charge in [-0.25, -0.2) is 9.97 Å². The van der Waals surface area contributed by atoms with Crippen LogP contribution in [-0.2, 0) is 11.2 Å². The molecule has 1 aromatic carbocycles. The average Bonchev–Trinajstić information content (AvgIpc) is 2.73. The lowest BCUT2D eigenvalue weighted by Crippen LogP contribution is -2.40. The smallest absolute Gasteiger partial charge is 0.232 e. The number of nitriles is 1. The number of hydrogen-bond donors (Lipinski definition) is 1. The van der Waals surface area contributed by atoms with Crippen LogP contribution in [0.1, 0.15) is 29.1 Å². The lowest BCUT2D eigenvalue weighted by atomic mass is 10.0. The van der Waals surface area contributed by atoms with Crippen molar-refractivity contribution in [2.24, 2.45) is 0 Å². The van der Waals surface area contributed by atoms with E-state index < -0.39 is 0 Å². The Morgan fingerprint density at radius 2 is 1.93 bits per heavy atom. The van der Waals surface area contributed by atoms with Crippen LogP contribution in [0, 0.1) is 25.2 Å². The first kappa shape index (κ1) is 20.4. The molecule has 0 spiro atoms. The summed E-state index contributed by atoms with van der Waals surface area (Å²) in [6.07, 6.45) is 1.82. The summed E-state index contributed by atoms with van der Waals surface area (Å²) < 4.78 is 5.37. The molecule has 1 saturated heterocycles. The topological polar surface area (TPSA) is 74.1 Å². The zero-order valence-corrected chi connectivity index (χ0v) is 16.9. The predicted molar refractivity (Wildman–Crippen MR) is 110 cm³/mol. The van der Waals surface area contributed by atoms with E-state index in [9.17, 15) is 5.26 Å². The lowest BCUT2D eigenvalue weighted by molar-refractivity contribution is 0.0384. The Kier molecular flexibility index (Phi) is 7.49. The molecule has 0 aliphatic carbocycles. The van der Waals surface area contributed by atoms with Crippen molar-refractivity contribution in [3.63, 3.8) is 0 Å². The minimum Gasteiger partial charge on any atom is -0.379 e. The van der Waals surface area contributed by atoms with E-state index in [-0.39, 0.29) is 5.82 Å². The van der Waals surface area contributed by atoms with Gasteiger partial charge in [-0.3, -0.25) is 4.90 Å². The van der Waals surface area contributed by atoms with Crippen LogP contribution in [0.3, 0.4) is 0 Å². The van der Waals surface area contributed by atoms with E-state index in [1.54, 1.807) is 0 Å². The minimum absolute atomic E-state index is 0.242. The van der Waals surface area contributed by atoms with E-state index >= 15 is 0 Å². The van der Waals surface area contributed by atoms with E-state index in [1.807, 2.05) is 6.07 Å². The number of aromatic nitrogens is 2. The van der Waals surface area contributed by atoms with Gasteiger partial charge < -0.3 is 10.1 Å². The first-order valence-corrected chi connectivity index (χ1v) is 10.0. The van der Waals surface area contributed by atoms with E-state index in [2.05, 4.69) is 58.3 Å². The second-order valence-corrected chi connectivity index (χ2v) is 7.29. The monoisotopic (exact) mass is 379 g/mol. The molecule has 0 atom stereocenters. The van der Waals surface area contributed by atoms with Crippen molar-refractivity contribution in [1.82, 2.24) is 20.2 Å². The molecule has 1 aliphatic heterocycles. The van der Waals surface area contributed by atoms with Gasteiger partial charge in [0.2, 0.25) is 5.82 Å². The zero-order valence-electron chi connectivity index (χ0n) is 16.9. The van der Waals surface area contributed by atoms with E-state index in [4.69, 9.17) is 4.74 Å². The van der Waals surface area contributed by atoms with Gasteiger partial charge >= 0.3 is 0 Å². The van der Waals surface area contributed by atoms with Crippen LogP contribution in [0.4, 0.5) is 0 Å². The molecular weight excluding hydrogens is 350 g/mol. The van der Waals surface area contributed by atoms with Gasteiger partial charge in [0, 0.05) is 37.4 Å². The summed E-state index contributed by atoms with van der Waals surface area (Å²) in [5.41, 5.74) is 5.26. The molecule has 0 bridgehead atoms. The molecule has 0 radical (unpaired) electrons. The Morgan fingerprint density at radius 1 is 1.11 bits per heavy atom. The summed E-state index contributed by atoms with van der Waals surface area (Å²) in [4.78, 5) is 11.2. The van der Waals surface area contributed by atoms with Crippen molar-refractivity contribution < 1.29 is 4.74 Å². The van der Waals surface area contributed by atoms with Gasteiger partial charge in [-0.2, -0.15) is 5.26 Å². The molecule has 1 N–H and O–H groups in total. The van der Waals surface area contributed by atoms with Gasteiger partial charge in [0.15, 0.2) is 0 Å². The quantitative estimate of drug-likeness (QED) is 0.711. The van der Waals surface area contributed by atoms with Crippen LogP contribution < -0.4 is 5.32 Å². The number of nitrogens with zero attached hydrogens (tertiary/aromatic N) is 4. The van der Waals surface area contributed by atoms with E-state index in [1.165, 1.54) is 11.1 Å². The van der Waals surface area contributed by atoms with Crippen molar-refractivity contribution in [3.8, 4) is 17.3 Å². The Hall–Kier alpha value is -2.33. The number of rotatable bonds is 8. The van der Waals surface area contributed by atoms with Gasteiger partial charge in [-0.1, -0.05) is 12.1 Å². The summed E-state index contributed by atoms with van der Waals surface area (Å²) >= 11 is 0. The van der Waals surface area contributed by atoms with Gasteiger partial charge in [0.1, 0.15) is 6.07 Å². The third-order valence-electron chi connectivity index (χ3n) is 5.18. The molecule has 6 heteroatoms. The maximum atomic E-state index is 9.30. The molecular formula is C22H29N5O. The largest absolute Gasteiger partial charge is 0.379 e. The molecule has 0 saturated carbocycles. The van der Waals surface area contributed by atoms with Crippen molar-refractivity contribution in [1.29, 1.82) is 5.26 Å². The van der Waals surface area contributed by atoms with Gasteiger partial charge in [0.25, 0.3) is 0 Å².